The Bertz CT molecular complexity index is 308. The van der Waals surface area contributed by atoms with E-state index in [-0.39, 0.29) is 12.8 Å². The maximum Gasteiger partial charge on any atom is 0.291 e. The molecule has 0 heterocycles. The standard InChI is InChI=1S/C6H13NO6S/c1-6(2,7(9)10)4-3-5(8)14(11,12)13/h5,8H,3-4H2,1-2H3,(H,11,12,13). The summed E-state index contributed by atoms with van der Waals surface area (Å²) in [5.41, 5.74) is -3.27. The smallest absolute Gasteiger partial charge is 0.291 e. The number of aliphatic hydroxyl groups excluding tert-OH is 1. The van der Waals surface area contributed by atoms with Crippen LogP contribution in [0.5, 0.6) is 0 Å². The van der Waals surface area contributed by atoms with Gasteiger partial charge in [0.15, 0.2) is 5.44 Å². The lowest BCUT2D eigenvalue weighted by atomic mass is 10.00. The Labute approximate surface area is 81.6 Å². The summed E-state index contributed by atoms with van der Waals surface area (Å²) in [6, 6.07) is 0. The predicted octanol–water partition coefficient (Wildman–Crippen LogP) is 0.0281. The van der Waals surface area contributed by atoms with E-state index in [0.717, 1.165) is 0 Å². The Morgan fingerprint density at radius 1 is 1.50 bits per heavy atom. The van der Waals surface area contributed by atoms with Crippen LogP contribution in [0.2, 0.25) is 0 Å². The van der Waals surface area contributed by atoms with Crippen molar-refractivity contribution in [3.05, 3.63) is 10.1 Å². The molecule has 0 spiro atoms. The van der Waals surface area contributed by atoms with Crippen LogP contribution in [0.4, 0.5) is 0 Å². The van der Waals surface area contributed by atoms with E-state index in [9.17, 15) is 18.5 Å². The largest absolute Gasteiger partial charge is 0.375 e. The van der Waals surface area contributed by atoms with Gasteiger partial charge in [0.25, 0.3) is 10.1 Å². The quantitative estimate of drug-likeness (QED) is 0.388. The number of nitrogens with zero attached hydrogens (tertiary/aromatic N) is 1. The minimum atomic E-state index is -4.52. The van der Waals surface area contributed by atoms with Crippen LogP contribution in [-0.4, -0.2) is 34.0 Å². The summed E-state index contributed by atoms with van der Waals surface area (Å²) in [5.74, 6) is 0. The maximum atomic E-state index is 10.4. The van der Waals surface area contributed by atoms with Gasteiger partial charge in [-0.1, -0.05) is 0 Å². The van der Waals surface area contributed by atoms with Crippen LogP contribution < -0.4 is 0 Å². The zero-order chi connectivity index (χ0) is 11.6. The first-order valence-electron chi connectivity index (χ1n) is 3.86. The van der Waals surface area contributed by atoms with E-state index < -0.39 is 26.0 Å². The van der Waals surface area contributed by atoms with Gasteiger partial charge in [0, 0.05) is 25.2 Å². The molecule has 0 rings (SSSR count). The second kappa shape index (κ2) is 4.20. The normalized spacial score (nSPS) is 15.1. The highest BCUT2D eigenvalue weighted by Gasteiger charge is 2.33. The molecule has 0 aromatic rings. The number of aliphatic hydroxyl groups is 1. The average molecular weight is 227 g/mol. The Hall–Kier alpha value is -0.730. The third kappa shape index (κ3) is 3.99. The highest BCUT2D eigenvalue weighted by molar-refractivity contribution is 7.86. The van der Waals surface area contributed by atoms with E-state index in [4.69, 9.17) is 9.66 Å². The lowest BCUT2D eigenvalue weighted by molar-refractivity contribution is -0.561. The lowest BCUT2D eigenvalue weighted by Crippen LogP contribution is -2.33. The second-order valence-electron chi connectivity index (χ2n) is 3.58. The van der Waals surface area contributed by atoms with Crippen LogP contribution in [0.25, 0.3) is 0 Å². The summed E-state index contributed by atoms with van der Waals surface area (Å²) in [4.78, 5) is 9.83. The van der Waals surface area contributed by atoms with Crippen LogP contribution in [0, 0.1) is 10.1 Å². The third-order valence-corrected chi connectivity index (χ3v) is 2.76. The molecule has 7 nitrogen and oxygen atoms in total. The molecule has 1 atom stereocenters. The summed E-state index contributed by atoms with van der Waals surface area (Å²) in [6.07, 6.45) is -0.506. The number of nitro groups is 1. The number of hydrogen-bond donors (Lipinski definition) is 2. The summed E-state index contributed by atoms with van der Waals surface area (Å²) in [7, 11) is -4.52. The van der Waals surface area contributed by atoms with Crippen molar-refractivity contribution < 1.29 is 23.0 Å². The Morgan fingerprint density at radius 2 is 1.93 bits per heavy atom. The fraction of sp³-hybridized carbons (Fsp3) is 1.00. The molecular weight excluding hydrogens is 214 g/mol. The van der Waals surface area contributed by atoms with Gasteiger partial charge in [-0.25, -0.2) is 0 Å². The maximum absolute atomic E-state index is 10.4. The highest BCUT2D eigenvalue weighted by Crippen LogP contribution is 2.18. The molecule has 0 fully saturated rings. The van der Waals surface area contributed by atoms with Crippen molar-refractivity contribution in [2.45, 2.75) is 37.7 Å². The van der Waals surface area contributed by atoms with E-state index in [1.165, 1.54) is 13.8 Å². The molecule has 0 saturated carbocycles. The number of hydrogen-bond acceptors (Lipinski definition) is 5. The molecule has 0 aromatic carbocycles. The van der Waals surface area contributed by atoms with Gasteiger partial charge in [0.2, 0.25) is 5.54 Å². The molecule has 8 heteroatoms. The highest BCUT2D eigenvalue weighted by atomic mass is 32.2. The fourth-order valence-corrected chi connectivity index (χ4v) is 1.13. The first-order chi connectivity index (χ1) is 6.07. The van der Waals surface area contributed by atoms with Gasteiger partial charge >= 0.3 is 0 Å². The zero-order valence-electron chi connectivity index (χ0n) is 7.87. The molecule has 1 unspecified atom stereocenters. The minimum Gasteiger partial charge on any atom is -0.375 e. The average Bonchev–Trinajstić information content (AvgIpc) is 1.98. The number of rotatable bonds is 5. The molecule has 84 valence electrons. The van der Waals surface area contributed by atoms with E-state index in [1.807, 2.05) is 0 Å². The van der Waals surface area contributed by atoms with Crippen molar-refractivity contribution in [1.82, 2.24) is 0 Å². The topological polar surface area (TPSA) is 118 Å². The molecule has 0 aliphatic rings. The molecule has 0 aliphatic carbocycles. The van der Waals surface area contributed by atoms with E-state index in [1.54, 1.807) is 0 Å². The van der Waals surface area contributed by atoms with Crippen molar-refractivity contribution in [1.29, 1.82) is 0 Å². The first-order valence-corrected chi connectivity index (χ1v) is 5.36. The van der Waals surface area contributed by atoms with Crippen LogP contribution in [0.15, 0.2) is 0 Å². The molecule has 0 radical (unpaired) electrons. The third-order valence-electron chi connectivity index (χ3n) is 1.84. The van der Waals surface area contributed by atoms with Crippen molar-refractivity contribution in [2.24, 2.45) is 0 Å². The van der Waals surface area contributed by atoms with E-state index in [0.29, 0.717) is 0 Å². The molecule has 2 N–H and O–H groups in total. The van der Waals surface area contributed by atoms with Gasteiger partial charge in [-0.05, 0) is 6.42 Å². The van der Waals surface area contributed by atoms with Crippen LogP contribution in [0.1, 0.15) is 26.7 Å². The minimum absolute atomic E-state index is 0.138. The monoisotopic (exact) mass is 227 g/mol. The molecule has 0 aromatic heterocycles. The molecule has 14 heavy (non-hydrogen) atoms. The SMILES string of the molecule is CC(C)(CCC(O)S(=O)(=O)O)[N+](=O)[O-]. The summed E-state index contributed by atoms with van der Waals surface area (Å²) >= 11 is 0. The van der Waals surface area contributed by atoms with E-state index >= 15 is 0 Å². The van der Waals surface area contributed by atoms with Gasteiger partial charge in [-0.15, -0.1) is 0 Å². The molecule has 0 amide bonds. The van der Waals surface area contributed by atoms with Gasteiger partial charge in [-0.3, -0.25) is 14.7 Å². The zero-order valence-corrected chi connectivity index (χ0v) is 8.69. The molecule has 0 bridgehead atoms. The summed E-state index contributed by atoms with van der Waals surface area (Å²) in [6.45, 7) is 2.62. The van der Waals surface area contributed by atoms with Crippen molar-refractivity contribution in [3.8, 4) is 0 Å². The summed E-state index contributed by atoms with van der Waals surface area (Å²) in [5, 5.41) is 19.3. The molecule has 0 saturated heterocycles. The van der Waals surface area contributed by atoms with Crippen molar-refractivity contribution in [2.75, 3.05) is 0 Å². The molecule has 0 aliphatic heterocycles. The van der Waals surface area contributed by atoms with Crippen LogP contribution >= 0.6 is 0 Å². The Balaban J connectivity index is 4.27. The fourth-order valence-electron chi connectivity index (χ4n) is 0.717. The van der Waals surface area contributed by atoms with Crippen LogP contribution in [-0.2, 0) is 10.1 Å². The Kier molecular flexibility index (Phi) is 3.98. The lowest BCUT2D eigenvalue weighted by Gasteiger charge is -2.16. The van der Waals surface area contributed by atoms with Crippen molar-refractivity contribution in [3.63, 3.8) is 0 Å². The van der Waals surface area contributed by atoms with Crippen molar-refractivity contribution >= 4 is 10.1 Å². The summed E-state index contributed by atoms with van der Waals surface area (Å²) < 4.78 is 29.1. The van der Waals surface area contributed by atoms with Gasteiger partial charge in [0.05, 0.1) is 0 Å². The molecular formula is C6H13NO6S. The van der Waals surface area contributed by atoms with Crippen LogP contribution in [0.3, 0.4) is 0 Å². The van der Waals surface area contributed by atoms with E-state index in [2.05, 4.69) is 0 Å². The van der Waals surface area contributed by atoms with Gasteiger partial charge in [-0.2, -0.15) is 8.42 Å². The predicted molar refractivity (Wildman–Crippen MR) is 47.9 cm³/mol. The first kappa shape index (κ1) is 13.3. The van der Waals surface area contributed by atoms with Gasteiger partial charge < -0.3 is 5.11 Å². The van der Waals surface area contributed by atoms with Gasteiger partial charge in [0.1, 0.15) is 0 Å². The second-order valence-corrected chi connectivity index (χ2v) is 5.15. The Morgan fingerprint density at radius 3 is 2.21 bits per heavy atom.